The molecule has 1 unspecified atom stereocenters. The summed E-state index contributed by atoms with van der Waals surface area (Å²) in [6, 6.07) is 0. The molecule has 0 amide bonds. The minimum Gasteiger partial charge on any atom is -0.462 e. The molecule has 0 aliphatic rings. The van der Waals surface area contributed by atoms with Crippen molar-refractivity contribution in [2.45, 2.75) is 175 Å². The average molecular weight is 957 g/mol. The van der Waals surface area contributed by atoms with E-state index in [-0.39, 0.29) is 44.0 Å². The molecule has 6 heteroatoms. The van der Waals surface area contributed by atoms with Gasteiger partial charge in [0.15, 0.2) is 6.10 Å². The first-order valence-corrected chi connectivity index (χ1v) is 26.7. The predicted octanol–water partition coefficient (Wildman–Crippen LogP) is 17.9. The molecular formula is C64H92O6. The maximum Gasteiger partial charge on any atom is 0.306 e. The smallest absolute Gasteiger partial charge is 0.306 e. The first-order chi connectivity index (χ1) is 34.5. The summed E-state index contributed by atoms with van der Waals surface area (Å²) in [4.78, 5) is 38.1. The highest BCUT2D eigenvalue weighted by atomic mass is 16.6. The summed E-state index contributed by atoms with van der Waals surface area (Å²) in [5.74, 6) is -1.06. The first kappa shape index (κ1) is 64.2. The number of esters is 3. The molecule has 70 heavy (non-hydrogen) atoms. The Morgan fingerprint density at radius 3 is 0.886 bits per heavy atom. The first-order valence-electron chi connectivity index (χ1n) is 26.7. The van der Waals surface area contributed by atoms with Gasteiger partial charge in [-0.3, -0.25) is 14.4 Å². The van der Waals surface area contributed by atoms with E-state index in [4.69, 9.17) is 14.2 Å². The van der Waals surface area contributed by atoms with Gasteiger partial charge in [-0.25, -0.2) is 0 Å². The Hall–Kier alpha value is -5.75. The fourth-order valence-electron chi connectivity index (χ4n) is 6.28. The third-order valence-corrected chi connectivity index (χ3v) is 10.2. The van der Waals surface area contributed by atoms with Crippen LogP contribution >= 0.6 is 0 Å². The molecule has 0 aromatic heterocycles. The van der Waals surface area contributed by atoms with Crippen molar-refractivity contribution >= 4 is 17.9 Å². The summed E-state index contributed by atoms with van der Waals surface area (Å²) >= 11 is 0. The van der Waals surface area contributed by atoms with Gasteiger partial charge in [0, 0.05) is 19.3 Å². The molecule has 0 bridgehead atoms. The van der Waals surface area contributed by atoms with Crippen LogP contribution in [0.15, 0.2) is 194 Å². The number of allylic oxidation sites excluding steroid dienone is 32. The average Bonchev–Trinajstić information content (AvgIpc) is 3.36. The minimum absolute atomic E-state index is 0.136. The van der Waals surface area contributed by atoms with Gasteiger partial charge in [0.25, 0.3) is 0 Å². The summed E-state index contributed by atoms with van der Waals surface area (Å²) in [6.45, 7) is 6.18. The zero-order chi connectivity index (χ0) is 50.7. The van der Waals surface area contributed by atoms with E-state index in [9.17, 15) is 14.4 Å². The lowest BCUT2D eigenvalue weighted by Crippen LogP contribution is -2.30. The van der Waals surface area contributed by atoms with Crippen LogP contribution in [0.5, 0.6) is 0 Å². The third kappa shape index (κ3) is 53.2. The number of hydrogen-bond donors (Lipinski definition) is 0. The Balaban J connectivity index is 4.68. The lowest BCUT2D eigenvalue weighted by Gasteiger charge is -2.18. The fourth-order valence-corrected chi connectivity index (χ4v) is 6.28. The molecule has 6 nitrogen and oxygen atoms in total. The molecule has 0 spiro atoms. The van der Waals surface area contributed by atoms with Crippen LogP contribution in [-0.4, -0.2) is 37.2 Å². The van der Waals surface area contributed by atoms with E-state index in [2.05, 4.69) is 93.7 Å². The van der Waals surface area contributed by atoms with Gasteiger partial charge in [0.2, 0.25) is 0 Å². The molecule has 384 valence electrons. The second kappa shape index (κ2) is 55.8. The van der Waals surface area contributed by atoms with E-state index in [1.165, 1.54) is 19.3 Å². The maximum atomic E-state index is 12.8. The van der Waals surface area contributed by atoms with Crippen molar-refractivity contribution in [3.8, 4) is 0 Å². The number of ether oxygens (including phenoxy) is 3. The van der Waals surface area contributed by atoms with Crippen LogP contribution in [0.4, 0.5) is 0 Å². The van der Waals surface area contributed by atoms with Gasteiger partial charge in [-0.15, -0.1) is 0 Å². The highest BCUT2D eigenvalue weighted by Crippen LogP contribution is 2.12. The molecule has 0 aliphatic heterocycles. The molecule has 0 heterocycles. The van der Waals surface area contributed by atoms with Crippen molar-refractivity contribution in [1.82, 2.24) is 0 Å². The van der Waals surface area contributed by atoms with Gasteiger partial charge < -0.3 is 14.2 Å². The largest absolute Gasteiger partial charge is 0.462 e. The lowest BCUT2D eigenvalue weighted by molar-refractivity contribution is -0.167. The van der Waals surface area contributed by atoms with Crippen LogP contribution in [0.2, 0.25) is 0 Å². The van der Waals surface area contributed by atoms with E-state index in [0.29, 0.717) is 19.3 Å². The van der Waals surface area contributed by atoms with Crippen molar-refractivity contribution in [2.75, 3.05) is 13.2 Å². The predicted molar refractivity (Wildman–Crippen MR) is 301 cm³/mol. The van der Waals surface area contributed by atoms with E-state index in [1.807, 2.05) is 122 Å². The highest BCUT2D eigenvalue weighted by molar-refractivity contribution is 5.71. The number of unbranched alkanes of at least 4 members (excludes halogenated alkanes) is 14. The number of hydrogen-bond acceptors (Lipinski definition) is 6. The Labute approximate surface area is 427 Å². The van der Waals surface area contributed by atoms with Crippen LogP contribution < -0.4 is 0 Å². The van der Waals surface area contributed by atoms with Gasteiger partial charge >= 0.3 is 17.9 Å². The third-order valence-electron chi connectivity index (χ3n) is 10.2. The van der Waals surface area contributed by atoms with Crippen molar-refractivity contribution in [1.29, 1.82) is 0 Å². The van der Waals surface area contributed by atoms with Gasteiger partial charge in [0.05, 0.1) is 0 Å². The van der Waals surface area contributed by atoms with E-state index < -0.39 is 6.10 Å². The van der Waals surface area contributed by atoms with Crippen LogP contribution in [0, 0.1) is 0 Å². The standard InChI is InChI=1S/C64H92O6/c1-4-7-10-13-16-19-22-25-28-31-34-36-39-42-45-48-51-54-57-63(66)69-60-61(70-64(67)58-55-52-49-46-43-40-37-33-30-27-24-21-18-15-12-9-6-3)59-68-62(65)56-53-50-47-44-41-38-35-32-29-26-23-20-17-14-11-8-5-2/h8-9,11-12,14-38,40-41,43,61H,4-7,10,13,39,42,44-60H2,1-3H3/b11-8-,12-9-,17-14-,18-15-,19-16-,23-20-,24-21-,25-22-,29-26-,30-27-,31-28-,35-32+,36-34-,37-33+,41-38-,43-40-. The number of carbonyl (C=O) groups is 3. The second-order valence-corrected chi connectivity index (χ2v) is 16.7. The van der Waals surface area contributed by atoms with Crippen LogP contribution in [0.25, 0.3) is 0 Å². The van der Waals surface area contributed by atoms with Gasteiger partial charge in [-0.05, 0) is 83.5 Å². The fraction of sp³-hybridized carbons (Fsp3) is 0.453. The molecular weight excluding hydrogens is 865 g/mol. The maximum absolute atomic E-state index is 12.8. The summed E-state index contributed by atoms with van der Waals surface area (Å²) in [5.41, 5.74) is 0. The summed E-state index contributed by atoms with van der Waals surface area (Å²) in [6.07, 6.45) is 85.4. The zero-order valence-corrected chi connectivity index (χ0v) is 43.7. The van der Waals surface area contributed by atoms with Gasteiger partial charge in [0.1, 0.15) is 13.2 Å². The van der Waals surface area contributed by atoms with Crippen molar-refractivity contribution < 1.29 is 28.6 Å². The Bertz CT molecular complexity index is 1760. The van der Waals surface area contributed by atoms with E-state index in [0.717, 1.165) is 96.3 Å². The highest BCUT2D eigenvalue weighted by Gasteiger charge is 2.19. The van der Waals surface area contributed by atoms with Crippen molar-refractivity contribution in [2.24, 2.45) is 0 Å². The molecule has 0 fully saturated rings. The molecule has 0 rings (SSSR count). The molecule has 0 aromatic rings. The Morgan fingerprint density at radius 1 is 0.300 bits per heavy atom. The summed E-state index contributed by atoms with van der Waals surface area (Å²) < 4.78 is 16.7. The second-order valence-electron chi connectivity index (χ2n) is 16.7. The van der Waals surface area contributed by atoms with Crippen molar-refractivity contribution in [3.05, 3.63) is 194 Å². The van der Waals surface area contributed by atoms with Crippen LogP contribution in [-0.2, 0) is 28.6 Å². The molecule has 0 aliphatic carbocycles. The number of carbonyl (C=O) groups excluding carboxylic acids is 3. The summed E-state index contributed by atoms with van der Waals surface area (Å²) in [5, 5.41) is 0. The Morgan fingerprint density at radius 2 is 0.557 bits per heavy atom. The molecule has 0 radical (unpaired) electrons. The number of rotatable bonds is 44. The van der Waals surface area contributed by atoms with Crippen LogP contribution in [0.1, 0.15) is 168 Å². The topological polar surface area (TPSA) is 78.9 Å². The monoisotopic (exact) mass is 957 g/mol. The lowest BCUT2D eigenvalue weighted by atomic mass is 10.1. The minimum atomic E-state index is -0.843. The van der Waals surface area contributed by atoms with Crippen LogP contribution in [0.3, 0.4) is 0 Å². The quantitative estimate of drug-likeness (QED) is 0.0262. The normalized spacial score (nSPS) is 13.7. The summed E-state index contributed by atoms with van der Waals surface area (Å²) in [7, 11) is 0. The van der Waals surface area contributed by atoms with Gasteiger partial charge in [-0.1, -0.05) is 260 Å². The molecule has 0 saturated heterocycles. The molecule has 0 N–H and O–H groups in total. The van der Waals surface area contributed by atoms with E-state index in [1.54, 1.807) is 0 Å². The molecule has 0 aromatic carbocycles. The molecule has 0 saturated carbocycles. The Kier molecular flexibility index (Phi) is 51.3. The molecule has 1 atom stereocenters. The van der Waals surface area contributed by atoms with Gasteiger partial charge in [-0.2, -0.15) is 0 Å². The zero-order valence-electron chi connectivity index (χ0n) is 43.7. The van der Waals surface area contributed by atoms with Crippen molar-refractivity contribution in [3.63, 3.8) is 0 Å². The SMILES string of the molecule is CC\C=C/C=C\C=C/C=C\C=C\C=C/CCCCCC(=O)OCC(COC(=O)CCCCCCC\C=C/C=C\C=C/C=C\CCCCC)OC(=O)CCCCC\C=C/C=C/C=C\C=C/C=C\C=C/CC. The van der Waals surface area contributed by atoms with E-state index >= 15 is 0 Å².